The summed E-state index contributed by atoms with van der Waals surface area (Å²) in [5.74, 6) is 1.08. The normalized spacial score (nSPS) is 17.0. The van der Waals surface area contributed by atoms with Crippen molar-refractivity contribution in [1.82, 2.24) is 4.72 Å². The fraction of sp³-hybridized carbons (Fsp3) is 0.333. The van der Waals surface area contributed by atoms with Crippen molar-refractivity contribution in [1.29, 1.82) is 0 Å². The van der Waals surface area contributed by atoms with Crippen molar-refractivity contribution in [3.05, 3.63) is 53.1 Å². The Labute approximate surface area is 142 Å². The van der Waals surface area contributed by atoms with Crippen LogP contribution in [-0.4, -0.2) is 22.1 Å². The maximum atomic E-state index is 12.9. The highest BCUT2D eigenvalue weighted by Crippen LogP contribution is 2.34. The monoisotopic (exact) mass is 347 g/mol. The molecule has 0 radical (unpaired) electrons. The van der Waals surface area contributed by atoms with E-state index in [4.69, 9.17) is 9.47 Å². The van der Waals surface area contributed by atoms with Crippen LogP contribution in [0.5, 0.6) is 11.5 Å². The number of aryl methyl sites for hydroxylation is 2. The Hall–Kier alpha value is -2.05. The molecule has 1 atom stereocenters. The lowest BCUT2D eigenvalue weighted by atomic mass is 10.0. The van der Waals surface area contributed by atoms with E-state index in [9.17, 15) is 8.42 Å². The number of rotatable bonds is 4. The van der Waals surface area contributed by atoms with Gasteiger partial charge in [-0.05, 0) is 43.2 Å². The van der Waals surface area contributed by atoms with E-state index < -0.39 is 10.0 Å². The highest BCUT2D eigenvalue weighted by molar-refractivity contribution is 7.89. The first-order valence-corrected chi connectivity index (χ1v) is 9.30. The quantitative estimate of drug-likeness (QED) is 0.923. The Balaban J connectivity index is 1.98. The molecule has 0 fully saturated rings. The summed E-state index contributed by atoms with van der Waals surface area (Å²) in [6.45, 7) is 4.29. The van der Waals surface area contributed by atoms with Crippen LogP contribution in [-0.2, 0) is 10.0 Å². The van der Waals surface area contributed by atoms with Gasteiger partial charge in [0.1, 0.15) is 16.4 Å². The van der Waals surface area contributed by atoms with E-state index in [0.717, 1.165) is 22.4 Å². The largest absolute Gasteiger partial charge is 0.495 e. The minimum atomic E-state index is -3.72. The molecule has 2 aromatic carbocycles. The van der Waals surface area contributed by atoms with Gasteiger partial charge in [-0.2, -0.15) is 0 Å². The van der Waals surface area contributed by atoms with Gasteiger partial charge in [0.05, 0.1) is 19.8 Å². The number of nitrogens with one attached hydrogen (secondary N) is 1. The van der Waals surface area contributed by atoms with Gasteiger partial charge in [-0.25, -0.2) is 13.1 Å². The molecule has 1 N–H and O–H groups in total. The zero-order valence-electron chi connectivity index (χ0n) is 14.0. The molecule has 3 rings (SSSR count). The molecule has 1 aliphatic rings. The van der Waals surface area contributed by atoms with Crippen molar-refractivity contribution in [2.24, 2.45) is 0 Å². The van der Waals surface area contributed by atoms with Crippen LogP contribution in [0.4, 0.5) is 0 Å². The van der Waals surface area contributed by atoms with Gasteiger partial charge in [0, 0.05) is 12.0 Å². The minimum Gasteiger partial charge on any atom is -0.495 e. The van der Waals surface area contributed by atoms with E-state index in [2.05, 4.69) is 4.72 Å². The predicted octanol–water partition coefficient (Wildman–Crippen LogP) is 3.11. The molecule has 0 bridgehead atoms. The summed E-state index contributed by atoms with van der Waals surface area (Å²) in [4.78, 5) is 0.164. The lowest BCUT2D eigenvalue weighted by Gasteiger charge is -2.26. The molecular formula is C18H21NO4S. The van der Waals surface area contributed by atoms with Crippen LogP contribution >= 0.6 is 0 Å². The van der Waals surface area contributed by atoms with Gasteiger partial charge in [0.25, 0.3) is 0 Å². The Morgan fingerprint density at radius 3 is 2.62 bits per heavy atom. The van der Waals surface area contributed by atoms with Gasteiger partial charge in [0.15, 0.2) is 0 Å². The average molecular weight is 347 g/mol. The fourth-order valence-electron chi connectivity index (χ4n) is 2.85. The van der Waals surface area contributed by atoms with Crippen LogP contribution < -0.4 is 14.2 Å². The first kappa shape index (κ1) is 16.8. The molecular weight excluding hydrogens is 326 g/mol. The number of hydrogen-bond donors (Lipinski definition) is 1. The molecule has 0 amide bonds. The Kier molecular flexibility index (Phi) is 4.51. The van der Waals surface area contributed by atoms with Gasteiger partial charge < -0.3 is 9.47 Å². The Morgan fingerprint density at radius 2 is 1.88 bits per heavy atom. The van der Waals surface area contributed by atoms with Crippen LogP contribution in [0.1, 0.15) is 29.2 Å². The number of fused-ring (bicyclic) bond motifs is 1. The third-order valence-electron chi connectivity index (χ3n) is 4.33. The molecule has 24 heavy (non-hydrogen) atoms. The molecule has 5 nitrogen and oxygen atoms in total. The summed E-state index contributed by atoms with van der Waals surface area (Å²) in [5.41, 5.74) is 2.75. The number of ether oxygens (including phenoxy) is 2. The molecule has 1 heterocycles. The standard InChI is InChI=1S/C18H21NO4S/c1-12-10-17(22-3)18(11-13(12)2)24(20,21)19-15-8-9-23-16-7-5-4-6-14(15)16/h4-7,10-11,15,19H,8-9H2,1-3H3. The van der Waals surface area contributed by atoms with Crippen molar-refractivity contribution in [2.45, 2.75) is 31.2 Å². The first-order valence-electron chi connectivity index (χ1n) is 7.81. The Morgan fingerprint density at radius 1 is 1.17 bits per heavy atom. The Bertz CT molecular complexity index is 861. The van der Waals surface area contributed by atoms with Crippen LogP contribution in [0.3, 0.4) is 0 Å². The van der Waals surface area contributed by atoms with E-state index in [1.165, 1.54) is 7.11 Å². The van der Waals surface area contributed by atoms with E-state index in [1.807, 2.05) is 38.1 Å². The minimum absolute atomic E-state index is 0.164. The molecule has 1 unspecified atom stereocenters. The zero-order valence-corrected chi connectivity index (χ0v) is 14.8. The molecule has 0 aromatic heterocycles. The van der Waals surface area contributed by atoms with E-state index in [0.29, 0.717) is 18.8 Å². The molecule has 1 aliphatic heterocycles. The van der Waals surface area contributed by atoms with Crippen molar-refractivity contribution in [3.8, 4) is 11.5 Å². The maximum absolute atomic E-state index is 12.9. The molecule has 0 spiro atoms. The second-order valence-electron chi connectivity index (χ2n) is 5.94. The highest BCUT2D eigenvalue weighted by atomic mass is 32.2. The van der Waals surface area contributed by atoms with Crippen molar-refractivity contribution in [2.75, 3.05) is 13.7 Å². The third-order valence-corrected chi connectivity index (χ3v) is 5.82. The van der Waals surface area contributed by atoms with E-state index in [-0.39, 0.29) is 10.9 Å². The van der Waals surface area contributed by atoms with E-state index >= 15 is 0 Å². The number of sulfonamides is 1. The lowest BCUT2D eigenvalue weighted by molar-refractivity contribution is 0.263. The van der Waals surface area contributed by atoms with Gasteiger partial charge in [-0.1, -0.05) is 18.2 Å². The first-order chi connectivity index (χ1) is 11.4. The molecule has 0 aliphatic carbocycles. The summed E-state index contributed by atoms with van der Waals surface area (Å²) in [6, 6.07) is 10.6. The summed E-state index contributed by atoms with van der Waals surface area (Å²) in [6.07, 6.45) is 0.587. The van der Waals surface area contributed by atoms with Gasteiger partial charge >= 0.3 is 0 Å². The molecule has 0 saturated heterocycles. The van der Waals surface area contributed by atoms with Gasteiger partial charge in [-0.3, -0.25) is 0 Å². The lowest BCUT2D eigenvalue weighted by Crippen LogP contribution is -2.32. The van der Waals surface area contributed by atoms with Crippen LogP contribution in [0.25, 0.3) is 0 Å². The van der Waals surface area contributed by atoms with Crippen molar-refractivity contribution < 1.29 is 17.9 Å². The number of hydrogen-bond acceptors (Lipinski definition) is 4. The van der Waals surface area contributed by atoms with Crippen molar-refractivity contribution >= 4 is 10.0 Å². The maximum Gasteiger partial charge on any atom is 0.244 e. The zero-order chi connectivity index (χ0) is 17.3. The second-order valence-corrected chi connectivity index (χ2v) is 7.62. The van der Waals surface area contributed by atoms with Gasteiger partial charge in [-0.15, -0.1) is 0 Å². The average Bonchev–Trinajstić information content (AvgIpc) is 2.57. The summed E-state index contributed by atoms with van der Waals surface area (Å²) >= 11 is 0. The summed E-state index contributed by atoms with van der Waals surface area (Å²) in [7, 11) is -2.24. The second kappa shape index (κ2) is 6.45. The van der Waals surface area contributed by atoms with Crippen LogP contribution in [0.2, 0.25) is 0 Å². The van der Waals surface area contributed by atoms with Crippen LogP contribution in [0, 0.1) is 13.8 Å². The SMILES string of the molecule is COc1cc(C)c(C)cc1S(=O)(=O)NC1CCOc2ccccc21. The molecule has 128 valence electrons. The van der Waals surface area contributed by atoms with Crippen molar-refractivity contribution in [3.63, 3.8) is 0 Å². The summed E-state index contributed by atoms with van der Waals surface area (Å²) < 4.78 is 39.5. The topological polar surface area (TPSA) is 64.6 Å². The van der Waals surface area contributed by atoms with Crippen LogP contribution in [0.15, 0.2) is 41.3 Å². The van der Waals surface area contributed by atoms with Gasteiger partial charge in [0.2, 0.25) is 10.0 Å². The number of para-hydroxylation sites is 1. The number of benzene rings is 2. The fourth-order valence-corrected chi connectivity index (χ4v) is 4.33. The molecule has 0 saturated carbocycles. The number of methoxy groups -OCH3 is 1. The smallest absolute Gasteiger partial charge is 0.244 e. The third kappa shape index (κ3) is 3.12. The van der Waals surface area contributed by atoms with E-state index in [1.54, 1.807) is 12.1 Å². The molecule has 6 heteroatoms. The highest BCUT2D eigenvalue weighted by Gasteiger charge is 2.28. The predicted molar refractivity (Wildman–Crippen MR) is 92.1 cm³/mol. The summed E-state index contributed by atoms with van der Waals surface area (Å²) in [5, 5.41) is 0. The molecule has 2 aromatic rings.